The molecule has 0 amide bonds. The van der Waals surface area contributed by atoms with Crippen LogP contribution in [0.25, 0.3) is 11.4 Å². The van der Waals surface area contributed by atoms with Crippen molar-refractivity contribution in [3.8, 4) is 11.4 Å². The third kappa shape index (κ3) is 2.33. The Balaban J connectivity index is 2.56. The van der Waals surface area contributed by atoms with E-state index in [1.165, 1.54) is 0 Å². The zero-order valence-corrected chi connectivity index (χ0v) is 11.0. The summed E-state index contributed by atoms with van der Waals surface area (Å²) in [5.74, 6) is -0.933. The summed E-state index contributed by atoms with van der Waals surface area (Å²) in [4.78, 5) is 28.7. The smallest absolute Gasteiger partial charge is 0.342 e. The van der Waals surface area contributed by atoms with Crippen molar-refractivity contribution in [1.82, 2.24) is 9.97 Å². The first-order chi connectivity index (χ1) is 8.49. The van der Waals surface area contributed by atoms with E-state index in [1.54, 1.807) is 6.07 Å². The van der Waals surface area contributed by atoms with Gasteiger partial charge in [0.2, 0.25) is 0 Å². The molecular weight excluding hydrogens is 300 g/mol. The molecule has 6 heteroatoms. The number of aromatic amines is 1. The number of halogens is 1. The molecule has 1 aromatic heterocycles. The number of H-pyrrole nitrogens is 1. The lowest BCUT2D eigenvalue weighted by Crippen LogP contribution is -2.18. The van der Waals surface area contributed by atoms with E-state index in [4.69, 9.17) is 5.11 Å². The second-order valence-electron chi connectivity index (χ2n) is 3.74. The fraction of sp³-hybridized carbons (Fsp3) is 0.0833. The van der Waals surface area contributed by atoms with Gasteiger partial charge >= 0.3 is 5.97 Å². The van der Waals surface area contributed by atoms with Crippen molar-refractivity contribution in [3.05, 3.63) is 50.3 Å². The fourth-order valence-corrected chi connectivity index (χ4v) is 2.05. The van der Waals surface area contributed by atoms with Gasteiger partial charge in [-0.1, -0.05) is 15.9 Å². The molecule has 5 nitrogen and oxygen atoms in total. The summed E-state index contributed by atoms with van der Waals surface area (Å²) in [6.45, 7) is 1.88. The van der Waals surface area contributed by atoms with Crippen LogP contribution in [-0.4, -0.2) is 21.0 Å². The molecule has 0 radical (unpaired) electrons. The number of rotatable bonds is 2. The van der Waals surface area contributed by atoms with Crippen molar-refractivity contribution in [2.24, 2.45) is 0 Å². The summed E-state index contributed by atoms with van der Waals surface area (Å²) in [5, 5.41) is 8.75. The molecule has 0 aliphatic heterocycles. The van der Waals surface area contributed by atoms with Crippen LogP contribution >= 0.6 is 15.9 Å². The molecule has 92 valence electrons. The number of carboxylic acids is 1. The van der Waals surface area contributed by atoms with Gasteiger partial charge in [0.1, 0.15) is 11.4 Å². The molecule has 0 atom stereocenters. The van der Waals surface area contributed by atoms with Gasteiger partial charge in [0.15, 0.2) is 0 Å². The summed E-state index contributed by atoms with van der Waals surface area (Å²) in [6.07, 6.45) is 1.07. The third-order valence-corrected chi connectivity index (χ3v) is 2.97. The summed E-state index contributed by atoms with van der Waals surface area (Å²) in [7, 11) is 0. The van der Waals surface area contributed by atoms with Crippen molar-refractivity contribution in [2.45, 2.75) is 6.92 Å². The van der Waals surface area contributed by atoms with Gasteiger partial charge in [-0.2, -0.15) is 0 Å². The average Bonchev–Trinajstić information content (AvgIpc) is 2.28. The molecule has 1 heterocycles. The van der Waals surface area contributed by atoms with Gasteiger partial charge in [-0.15, -0.1) is 0 Å². The fourth-order valence-electron chi connectivity index (χ4n) is 1.58. The van der Waals surface area contributed by atoms with E-state index in [0.29, 0.717) is 5.82 Å². The number of hydrogen-bond donors (Lipinski definition) is 2. The second-order valence-corrected chi connectivity index (χ2v) is 4.65. The molecule has 0 saturated carbocycles. The molecule has 2 rings (SSSR count). The maximum atomic E-state index is 11.5. The maximum Gasteiger partial charge on any atom is 0.342 e. The number of aryl methyl sites for hydroxylation is 1. The van der Waals surface area contributed by atoms with E-state index < -0.39 is 11.5 Å². The molecule has 0 unspecified atom stereocenters. The molecule has 2 aromatic rings. The van der Waals surface area contributed by atoms with Gasteiger partial charge in [-0.05, 0) is 30.7 Å². The van der Waals surface area contributed by atoms with Crippen LogP contribution in [0.2, 0.25) is 0 Å². The average molecular weight is 309 g/mol. The Hall–Kier alpha value is -1.95. The number of benzene rings is 1. The Morgan fingerprint density at radius 3 is 2.72 bits per heavy atom. The van der Waals surface area contributed by atoms with Crippen LogP contribution in [-0.2, 0) is 0 Å². The van der Waals surface area contributed by atoms with Crippen molar-refractivity contribution < 1.29 is 9.90 Å². The normalized spacial score (nSPS) is 10.3. The summed E-state index contributed by atoms with van der Waals surface area (Å²) in [6, 6.07) is 5.52. The van der Waals surface area contributed by atoms with Crippen LogP contribution in [0.3, 0.4) is 0 Å². The van der Waals surface area contributed by atoms with Crippen LogP contribution in [0.4, 0.5) is 0 Å². The number of carboxylic acid groups (broad SMARTS) is 1. The number of carbonyl (C=O) groups is 1. The van der Waals surface area contributed by atoms with Crippen molar-refractivity contribution in [3.63, 3.8) is 0 Å². The van der Waals surface area contributed by atoms with Gasteiger partial charge in [0.25, 0.3) is 5.56 Å². The van der Waals surface area contributed by atoms with Gasteiger partial charge < -0.3 is 10.1 Å². The quantitative estimate of drug-likeness (QED) is 0.891. The van der Waals surface area contributed by atoms with Gasteiger partial charge in [0, 0.05) is 16.2 Å². The molecular formula is C12H9BrN2O3. The zero-order valence-electron chi connectivity index (χ0n) is 9.40. The van der Waals surface area contributed by atoms with Gasteiger partial charge in [-0.25, -0.2) is 9.78 Å². The molecule has 0 aliphatic carbocycles. The molecule has 0 aliphatic rings. The van der Waals surface area contributed by atoms with Crippen LogP contribution in [0, 0.1) is 6.92 Å². The number of aromatic nitrogens is 2. The maximum absolute atomic E-state index is 11.5. The molecule has 18 heavy (non-hydrogen) atoms. The van der Waals surface area contributed by atoms with Crippen molar-refractivity contribution in [1.29, 1.82) is 0 Å². The van der Waals surface area contributed by atoms with Gasteiger partial charge in [0.05, 0.1) is 0 Å². The van der Waals surface area contributed by atoms with Crippen LogP contribution in [0.5, 0.6) is 0 Å². The number of nitrogens with one attached hydrogen (secondary N) is 1. The minimum Gasteiger partial charge on any atom is -0.477 e. The second kappa shape index (κ2) is 4.73. The Bertz CT molecular complexity index is 679. The minimum absolute atomic E-state index is 0.356. The summed E-state index contributed by atoms with van der Waals surface area (Å²) >= 11 is 3.34. The lowest BCUT2D eigenvalue weighted by molar-refractivity contribution is 0.0694. The standard InChI is InChI=1S/C12H9BrN2O3/c1-6-4-7(13)2-3-8(6)10-14-5-9(12(17)18)11(16)15-10/h2-5H,1H3,(H,17,18)(H,14,15,16). The Kier molecular flexibility index (Phi) is 3.29. The highest BCUT2D eigenvalue weighted by atomic mass is 79.9. The first-order valence-electron chi connectivity index (χ1n) is 5.08. The third-order valence-electron chi connectivity index (χ3n) is 2.47. The highest BCUT2D eigenvalue weighted by molar-refractivity contribution is 9.10. The minimum atomic E-state index is -1.29. The van der Waals surface area contributed by atoms with Gasteiger partial charge in [-0.3, -0.25) is 4.79 Å². The molecule has 1 aromatic carbocycles. The number of hydrogen-bond acceptors (Lipinski definition) is 3. The van der Waals surface area contributed by atoms with Crippen LogP contribution in [0.15, 0.2) is 33.7 Å². The molecule has 0 bridgehead atoms. The molecule has 0 fully saturated rings. The lowest BCUT2D eigenvalue weighted by atomic mass is 10.1. The topological polar surface area (TPSA) is 83.0 Å². The Morgan fingerprint density at radius 1 is 1.44 bits per heavy atom. The zero-order chi connectivity index (χ0) is 13.3. The van der Waals surface area contributed by atoms with E-state index in [2.05, 4.69) is 25.9 Å². The van der Waals surface area contributed by atoms with E-state index in [0.717, 1.165) is 21.8 Å². The van der Waals surface area contributed by atoms with E-state index in [-0.39, 0.29) is 5.56 Å². The van der Waals surface area contributed by atoms with Crippen LogP contribution < -0.4 is 5.56 Å². The molecule has 0 saturated heterocycles. The van der Waals surface area contributed by atoms with Crippen molar-refractivity contribution >= 4 is 21.9 Å². The first kappa shape index (κ1) is 12.5. The predicted octanol–water partition coefficient (Wildman–Crippen LogP) is 2.21. The number of aromatic carboxylic acids is 1. The molecule has 2 N–H and O–H groups in total. The number of nitrogens with zero attached hydrogens (tertiary/aromatic N) is 1. The monoisotopic (exact) mass is 308 g/mol. The SMILES string of the molecule is Cc1cc(Br)ccc1-c1ncc(C(=O)O)c(=O)[nH]1. The Labute approximate surface area is 111 Å². The van der Waals surface area contributed by atoms with Crippen LogP contribution in [0.1, 0.15) is 15.9 Å². The van der Waals surface area contributed by atoms with Crippen molar-refractivity contribution in [2.75, 3.05) is 0 Å². The lowest BCUT2D eigenvalue weighted by Gasteiger charge is -2.05. The largest absolute Gasteiger partial charge is 0.477 e. The highest BCUT2D eigenvalue weighted by Gasteiger charge is 2.11. The predicted molar refractivity (Wildman–Crippen MR) is 69.7 cm³/mol. The van der Waals surface area contributed by atoms with E-state index >= 15 is 0 Å². The molecule has 0 spiro atoms. The Morgan fingerprint density at radius 2 is 2.17 bits per heavy atom. The highest BCUT2D eigenvalue weighted by Crippen LogP contribution is 2.22. The first-order valence-corrected chi connectivity index (χ1v) is 5.87. The van der Waals surface area contributed by atoms with E-state index in [9.17, 15) is 9.59 Å². The summed E-state index contributed by atoms with van der Waals surface area (Å²) in [5.41, 5.74) is 0.658. The van der Waals surface area contributed by atoms with E-state index in [1.807, 2.05) is 19.1 Å². The summed E-state index contributed by atoms with van der Waals surface area (Å²) < 4.78 is 0.924.